The molecule has 12 heteroatoms. The van der Waals surface area contributed by atoms with Crippen molar-refractivity contribution in [3.63, 3.8) is 0 Å². The van der Waals surface area contributed by atoms with Gasteiger partial charge in [-0.2, -0.15) is 27.8 Å². The van der Waals surface area contributed by atoms with Gasteiger partial charge in [0, 0.05) is 37.6 Å². The lowest BCUT2D eigenvalue weighted by atomic mass is 9.96. The first-order chi connectivity index (χ1) is 19.0. The van der Waals surface area contributed by atoms with Crippen LogP contribution in [0.4, 0.5) is 17.6 Å². The quantitative estimate of drug-likeness (QED) is 0.292. The highest BCUT2D eigenvalue weighted by Gasteiger charge is 2.37. The van der Waals surface area contributed by atoms with Crippen molar-refractivity contribution in [3.8, 4) is 11.8 Å². The first-order valence-corrected chi connectivity index (χ1v) is 14.0. The summed E-state index contributed by atoms with van der Waals surface area (Å²) in [4.78, 5) is 1.69. The number of sulfonamides is 1. The van der Waals surface area contributed by atoms with Gasteiger partial charge >= 0.3 is 6.18 Å². The Kier molecular flexibility index (Phi) is 7.39. The van der Waals surface area contributed by atoms with Crippen LogP contribution in [0, 0.1) is 24.1 Å². The number of alkyl halides is 3. The molecule has 1 saturated heterocycles. The second-order valence-electron chi connectivity index (χ2n) is 9.72. The Morgan fingerprint density at radius 3 is 2.40 bits per heavy atom. The lowest BCUT2D eigenvalue weighted by Crippen LogP contribution is -2.51. The van der Waals surface area contributed by atoms with Crippen molar-refractivity contribution in [2.75, 3.05) is 26.2 Å². The van der Waals surface area contributed by atoms with Crippen molar-refractivity contribution in [2.24, 2.45) is 0 Å². The van der Waals surface area contributed by atoms with Gasteiger partial charge in [-0.25, -0.2) is 17.5 Å². The van der Waals surface area contributed by atoms with Gasteiger partial charge in [0.05, 0.1) is 40.3 Å². The Hall–Kier alpha value is -3.79. The average molecular weight is 572 g/mol. The molecule has 0 amide bonds. The van der Waals surface area contributed by atoms with Crippen molar-refractivity contribution in [1.82, 2.24) is 19.0 Å². The summed E-state index contributed by atoms with van der Waals surface area (Å²) in [6, 6.07) is 16.4. The summed E-state index contributed by atoms with van der Waals surface area (Å²) in [5.74, 6) is -0.379. The van der Waals surface area contributed by atoms with Crippen LogP contribution in [0.5, 0.6) is 0 Å². The van der Waals surface area contributed by atoms with E-state index >= 15 is 0 Å². The summed E-state index contributed by atoms with van der Waals surface area (Å²) in [7, 11) is -3.96. The van der Waals surface area contributed by atoms with Gasteiger partial charge in [-0.15, -0.1) is 0 Å². The standard InChI is InChI=1S/C28H25F4N5O2S/c1-19-14-26-21(17-34-37(26)23-6-4-22(29)5-7-23)15-25(19)27-18-36(13-12-35(27)11-10-28(30,31)32)40(38,39)24-8-2-20(16-33)3-9-24/h2-9,14-15,17,27H,10-13,18H2,1H3/t27-/m1/s1. The Morgan fingerprint density at radius 2 is 1.75 bits per heavy atom. The monoisotopic (exact) mass is 571 g/mol. The van der Waals surface area contributed by atoms with Gasteiger partial charge in [0.1, 0.15) is 5.82 Å². The van der Waals surface area contributed by atoms with Crippen LogP contribution in [0.3, 0.4) is 0 Å². The molecule has 0 unspecified atom stereocenters. The summed E-state index contributed by atoms with van der Waals surface area (Å²) < 4.78 is 82.8. The Labute approximate surface area is 228 Å². The third-order valence-electron chi connectivity index (χ3n) is 7.14. The Balaban J connectivity index is 1.51. The minimum atomic E-state index is -4.36. The molecule has 1 aliphatic heterocycles. The Bertz CT molecular complexity index is 1680. The lowest BCUT2D eigenvalue weighted by molar-refractivity contribution is -0.140. The number of hydrogen-bond donors (Lipinski definition) is 0. The molecule has 4 aromatic rings. The molecule has 1 aromatic heterocycles. The van der Waals surface area contributed by atoms with E-state index in [1.807, 2.05) is 25.1 Å². The van der Waals surface area contributed by atoms with Gasteiger partial charge in [-0.05, 0) is 78.7 Å². The van der Waals surface area contributed by atoms with E-state index in [4.69, 9.17) is 5.26 Å². The highest BCUT2D eigenvalue weighted by Crippen LogP contribution is 2.35. The number of benzene rings is 3. The fourth-order valence-corrected chi connectivity index (χ4v) is 6.48. The summed E-state index contributed by atoms with van der Waals surface area (Å²) in [5.41, 5.74) is 3.16. The number of aryl methyl sites for hydroxylation is 1. The van der Waals surface area contributed by atoms with E-state index in [-0.39, 0.29) is 36.9 Å². The number of nitriles is 1. The van der Waals surface area contributed by atoms with Crippen LogP contribution in [-0.4, -0.2) is 59.8 Å². The van der Waals surface area contributed by atoms with Gasteiger partial charge in [0.2, 0.25) is 10.0 Å². The molecule has 7 nitrogen and oxygen atoms in total. The summed E-state index contributed by atoms with van der Waals surface area (Å²) in [6.45, 7) is 1.65. The molecule has 3 aromatic carbocycles. The zero-order valence-electron chi connectivity index (χ0n) is 21.4. The van der Waals surface area contributed by atoms with Crippen LogP contribution in [0.15, 0.2) is 71.8 Å². The summed E-state index contributed by atoms with van der Waals surface area (Å²) >= 11 is 0. The van der Waals surface area contributed by atoms with Crippen molar-refractivity contribution in [2.45, 2.75) is 30.5 Å². The smallest absolute Gasteiger partial charge is 0.293 e. The van der Waals surface area contributed by atoms with E-state index in [1.165, 1.54) is 40.7 Å². The minimum absolute atomic E-state index is 0.0155. The molecule has 1 aliphatic rings. The van der Waals surface area contributed by atoms with E-state index in [0.29, 0.717) is 22.2 Å². The summed E-state index contributed by atoms with van der Waals surface area (Å²) in [5, 5.41) is 14.2. The van der Waals surface area contributed by atoms with E-state index in [9.17, 15) is 26.0 Å². The molecular formula is C28H25F4N5O2S. The molecule has 0 N–H and O–H groups in total. The molecule has 5 rings (SSSR count). The Morgan fingerprint density at radius 1 is 1.05 bits per heavy atom. The molecule has 1 atom stereocenters. The second kappa shape index (κ2) is 10.6. The molecular weight excluding hydrogens is 546 g/mol. The fourth-order valence-electron chi connectivity index (χ4n) is 5.04. The van der Waals surface area contributed by atoms with E-state index < -0.39 is 28.7 Å². The predicted octanol–water partition coefficient (Wildman–Crippen LogP) is 5.34. The van der Waals surface area contributed by atoms with E-state index in [1.54, 1.807) is 27.9 Å². The molecule has 208 valence electrons. The first kappa shape index (κ1) is 27.8. The maximum Gasteiger partial charge on any atom is 0.390 e. The van der Waals surface area contributed by atoms with Crippen molar-refractivity contribution >= 4 is 20.9 Å². The first-order valence-electron chi connectivity index (χ1n) is 12.5. The van der Waals surface area contributed by atoms with Gasteiger partial charge in [-0.1, -0.05) is 0 Å². The largest absolute Gasteiger partial charge is 0.390 e. The third-order valence-corrected chi connectivity index (χ3v) is 9.02. The molecule has 40 heavy (non-hydrogen) atoms. The highest BCUT2D eigenvalue weighted by molar-refractivity contribution is 7.89. The van der Waals surface area contributed by atoms with Crippen LogP contribution < -0.4 is 0 Å². The SMILES string of the molecule is Cc1cc2c(cnn2-c2ccc(F)cc2)cc1[C@H]1CN(S(=O)(=O)c2ccc(C#N)cc2)CCN1CCC(F)(F)F. The van der Waals surface area contributed by atoms with Crippen molar-refractivity contribution in [1.29, 1.82) is 5.26 Å². The molecule has 0 radical (unpaired) electrons. The van der Waals surface area contributed by atoms with Gasteiger partial charge in [0.15, 0.2) is 0 Å². The van der Waals surface area contributed by atoms with Crippen LogP contribution >= 0.6 is 0 Å². The van der Waals surface area contributed by atoms with Crippen LogP contribution in [0.1, 0.15) is 29.2 Å². The minimum Gasteiger partial charge on any atom is -0.293 e. The summed E-state index contributed by atoms with van der Waals surface area (Å²) in [6.07, 6.45) is -3.75. The van der Waals surface area contributed by atoms with Gasteiger partial charge < -0.3 is 0 Å². The average Bonchev–Trinajstić information content (AvgIpc) is 3.34. The number of fused-ring (bicyclic) bond motifs is 1. The number of aromatic nitrogens is 2. The number of hydrogen-bond acceptors (Lipinski definition) is 5. The number of piperazine rings is 1. The second-order valence-corrected chi connectivity index (χ2v) is 11.7. The lowest BCUT2D eigenvalue weighted by Gasteiger charge is -2.41. The fraction of sp³-hybridized carbons (Fsp3) is 0.286. The highest BCUT2D eigenvalue weighted by atomic mass is 32.2. The molecule has 0 spiro atoms. The van der Waals surface area contributed by atoms with E-state index in [0.717, 1.165) is 11.1 Å². The number of rotatable bonds is 6. The van der Waals surface area contributed by atoms with Gasteiger partial charge in [-0.3, -0.25) is 4.90 Å². The number of nitrogens with zero attached hydrogens (tertiary/aromatic N) is 5. The molecule has 1 fully saturated rings. The predicted molar refractivity (Wildman–Crippen MR) is 141 cm³/mol. The van der Waals surface area contributed by atoms with Crippen molar-refractivity contribution < 1.29 is 26.0 Å². The molecule has 0 saturated carbocycles. The van der Waals surface area contributed by atoms with E-state index in [2.05, 4.69) is 5.10 Å². The zero-order valence-corrected chi connectivity index (χ0v) is 22.3. The van der Waals surface area contributed by atoms with Crippen LogP contribution in [-0.2, 0) is 10.0 Å². The maximum atomic E-state index is 13.5. The van der Waals surface area contributed by atoms with Crippen LogP contribution in [0.2, 0.25) is 0 Å². The normalized spacial score (nSPS) is 17.2. The maximum absolute atomic E-state index is 13.5. The van der Waals surface area contributed by atoms with Gasteiger partial charge in [0.25, 0.3) is 0 Å². The van der Waals surface area contributed by atoms with Crippen LogP contribution in [0.25, 0.3) is 16.6 Å². The third kappa shape index (κ3) is 5.58. The topological polar surface area (TPSA) is 82.2 Å². The molecule has 0 aliphatic carbocycles. The number of halogens is 4. The van der Waals surface area contributed by atoms with Crippen molar-refractivity contribution in [3.05, 3.63) is 89.4 Å². The molecule has 0 bridgehead atoms. The zero-order chi connectivity index (χ0) is 28.7. The molecule has 2 heterocycles.